The predicted molar refractivity (Wildman–Crippen MR) is 222 cm³/mol. The molecule has 6 rings (SSSR count). The van der Waals surface area contributed by atoms with Crippen molar-refractivity contribution in [3.63, 3.8) is 0 Å². The molecular weight excluding hydrogens is 771 g/mol. The SMILES string of the molecule is CCN(CC)C(=O)COC(CCn1c(=NC(=O)c2cc(C)nn2CC)[nH]c2cc(C(N)=O)ccc21)CCn1c(=NC(=O)c2cc(C)nn2CC)[nH]c2cc(C(N)=O)ccc21. The molecule has 19 heteroatoms. The number of hydrogen-bond acceptors (Lipinski definition) is 8. The minimum Gasteiger partial charge on any atom is -0.368 e. The second-order valence-corrected chi connectivity index (χ2v) is 14.3. The monoisotopic (exact) mass is 821 g/mol. The third kappa shape index (κ3) is 9.20. The van der Waals surface area contributed by atoms with Crippen LogP contribution in [0.1, 0.15) is 93.6 Å². The molecule has 0 saturated heterocycles. The molecule has 2 aromatic carbocycles. The van der Waals surface area contributed by atoms with Gasteiger partial charge in [0.25, 0.3) is 11.8 Å². The van der Waals surface area contributed by atoms with Gasteiger partial charge >= 0.3 is 0 Å². The Morgan fingerprint density at radius 1 is 0.700 bits per heavy atom. The quantitative estimate of drug-likeness (QED) is 0.106. The lowest BCUT2D eigenvalue weighted by Gasteiger charge is -2.22. The van der Waals surface area contributed by atoms with E-state index < -0.39 is 29.7 Å². The summed E-state index contributed by atoms with van der Waals surface area (Å²) in [7, 11) is 0. The van der Waals surface area contributed by atoms with E-state index in [1.807, 2.05) is 36.8 Å². The van der Waals surface area contributed by atoms with Crippen LogP contribution in [0.2, 0.25) is 0 Å². The van der Waals surface area contributed by atoms with Crippen molar-refractivity contribution in [3.05, 3.63) is 93.7 Å². The molecule has 5 amide bonds. The van der Waals surface area contributed by atoms with Gasteiger partial charge in [0.05, 0.1) is 39.6 Å². The Morgan fingerprint density at radius 2 is 1.13 bits per heavy atom. The van der Waals surface area contributed by atoms with Crippen LogP contribution in [0.3, 0.4) is 0 Å². The van der Waals surface area contributed by atoms with Crippen molar-refractivity contribution in [1.29, 1.82) is 0 Å². The fraction of sp³-hybridized carbons (Fsp3) is 0.390. The molecule has 0 aliphatic carbocycles. The van der Waals surface area contributed by atoms with E-state index in [0.717, 1.165) is 0 Å². The first-order chi connectivity index (χ1) is 28.7. The highest BCUT2D eigenvalue weighted by Gasteiger charge is 2.21. The van der Waals surface area contributed by atoms with E-state index in [0.29, 0.717) is 83.9 Å². The smallest absolute Gasteiger partial charge is 0.298 e. The van der Waals surface area contributed by atoms with Crippen molar-refractivity contribution in [2.24, 2.45) is 21.5 Å². The summed E-state index contributed by atoms with van der Waals surface area (Å²) < 4.78 is 13.2. The van der Waals surface area contributed by atoms with Gasteiger partial charge in [0.2, 0.25) is 29.0 Å². The second-order valence-electron chi connectivity index (χ2n) is 14.3. The fourth-order valence-electron chi connectivity index (χ4n) is 7.22. The maximum absolute atomic E-state index is 13.6. The first kappa shape index (κ1) is 42.7. The predicted octanol–water partition coefficient (Wildman–Crippen LogP) is 2.72. The Hall–Kier alpha value is -6.89. The van der Waals surface area contributed by atoms with Crippen LogP contribution in [0, 0.1) is 13.8 Å². The molecular formula is C41H51N13O6. The normalized spacial score (nSPS) is 12.8. The van der Waals surface area contributed by atoms with Crippen molar-refractivity contribution >= 4 is 51.6 Å². The summed E-state index contributed by atoms with van der Waals surface area (Å²) in [5.41, 5.74) is 16.6. The van der Waals surface area contributed by atoms with Crippen molar-refractivity contribution in [3.8, 4) is 0 Å². The Labute approximate surface area is 344 Å². The zero-order valence-electron chi connectivity index (χ0n) is 34.7. The molecule has 0 radical (unpaired) electrons. The first-order valence-corrected chi connectivity index (χ1v) is 20.0. The lowest BCUT2D eigenvalue weighted by Crippen LogP contribution is -2.35. The van der Waals surface area contributed by atoms with Crippen molar-refractivity contribution in [2.45, 2.75) is 86.7 Å². The minimum atomic E-state index is -0.610. The highest BCUT2D eigenvalue weighted by molar-refractivity contribution is 5.97. The van der Waals surface area contributed by atoms with Gasteiger partial charge in [-0.25, -0.2) is 0 Å². The van der Waals surface area contributed by atoms with Crippen LogP contribution in [0.25, 0.3) is 22.1 Å². The van der Waals surface area contributed by atoms with Gasteiger partial charge in [-0.05, 0) is 103 Å². The Morgan fingerprint density at radius 3 is 1.52 bits per heavy atom. The number of carbonyl (C=O) groups excluding carboxylic acids is 5. The highest BCUT2D eigenvalue weighted by Crippen LogP contribution is 2.18. The minimum absolute atomic E-state index is 0.171. The maximum Gasteiger partial charge on any atom is 0.298 e. The third-order valence-electron chi connectivity index (χ3n) is 10.3. The molecule has 316 valence electrons. The van der Waals surface area contributed by atoms with Crippen molar-refractivity contribution < 1.29 is 28.7 Å². The van der Waals surface area contributed by atoms with Gasteiger partial charge in [-0.2, -0.15) is 20.2 Å². The molecule has 0 atom stereocenters. The van der Waals surface area contributed by atoms with Crippen molar-refractivity contribution in [2.75, 3.05) is 19.7 Å². The summed E-state index contributed by atoms with van der Waals surface area (Å²) in [5.74, 6) is -2.41. The van der Waals surface area contributed by atoms with E-state index in [1.54, 1.807) is 76.6 Å². The van der Waals surface area contributed by atoms with Crippen LogP contribution in [-0.2, 0) is 35.7 Å². The molecule has 0 saturated carbocycles. The lowest BCUT2D eigenvalue weighted by molar-refractivity contribution is -0.138. The number of amides is 5. The topological polar surface area (TPSA) is 252 Å². The lowest BCUT2D eigenvalue weighted by atomic mass is 10.1. The molecule has 0 unspecified atom stereocenters. The van der Waals surface area contributed by atoms with Gasteiger partial charge < -0.3 is 40.2 Å². The first-order valence-electron chi connectivity index (χ1n) is 20.0. The van der Waals surface area contributed by atoms with Crippen LogP contribution in [-0.4, -0.2) is 98.9 Å². The number of imidazole rings is 2. The number of aryl methyl sites for hydroxylation is 6. The van der Waals surface area contributed by atoms with Crippen LogP contribution >= 0.6 is 0 Å². The number of aromatic amines is 2. The highest BCUT2D eigenvalue weighted by atomic mass is 16.5. The largest absolute Gasteiger partial charge is 0.368 e. The summed E-state index contributed by atoms with van der Waals surface area (Å²) in [6.45, 7) is 13.5. The number of primary amides is 2. The molecule has 0 bridgehead atoms. The third-order valence-corrected chi connectivity index (χ3v) is 10.3. The van der Waals surface area contributed by atoms with Crippen LogP contribution in [0.15, 0.2) is 58.5 Å². The zero-order chi connectivity index (χ0) is 43.2. The van der Waals surface area contributed by atoms with E-state index in [2.05, 4.69) is 30.2 Å². The van der Waals surface area contributed by atoms with Gasteiger partial charge in [-0.3, -0.25) is 33.3 Å². The number of likely N-dealkylation sites (N-methyl/N-ethyl adjacent to an activating group) is 1. The Bertz CT molecular complexity index is 2560. The van der Waals surface area contributed by atoms with Crippen molar-refractivity contribution in [1.82, 2.24) is 43.6 Å². The van der Waals surface area contributed by atoms with Gasteiger partial charge in [-0.1, -0.05) is 0 Å². The number of fused-ring (bicyclic) bond motifs is 2. The molecule has 0 fully saturated rings. The molecule has 60 heavy (non-hydrogen) atoms. The van der Waals surface area contributed by atoms with E-state index in [1.165, 1.54) is 0 Å². The van der Waals surface area contributed by atoms with E-state index in [9.17, 15) is 24.0 Å². The number of aromatic nitrogens is 8. The number of carbonyl (C=O) groups is 5. The van der Waals surface area contributed by atoms with E-state index >= 15 is 0 Å². The van der Waals surface area contributed by atoms with Gasteiger partial charge in [0, 0.05) is 50.4 Å². The Kier molecular flexibility index (Phi) is 13.1. The number of benzene rings is 2. The number of nitrogens with two attached hydrogens (primary N) is 2. The molecule has 0 aliphatic heterocycles. The molecule has 4 aromatic heterocycles. The van der Waals surface area contributed by atoms with Crippen LogP contribution in [0.5, 0.6) is 0 Å². The van der Waals surface area contributed by atoms with Gasteiger partial charge in [-0.15, -0.1) is 0 Å². The number of H-pyrrole nitrogens is 2. The maximum atomic E-state index is 13.6. The van der Waals surface area contributed by atoms with E-state index in [4.69, 9.17) is 16.2 Å². The Balaban J connectivity index is 1.38. The van der Waals surface area contributed by atoms with Crippen LogP contribution < -0.4 is 22.7 Å². The average molecular weight is 822 g/mol. The number of ether oxygens (including phenoxy) is 1. The molecule has 4 heterocycles. The molecule has 6 N–H and O–H groups in total. The molecule has 0 spiro atoms. The average Bonchev–Trinajstić information content (AvgIpc) is 3.99. The molecule has 6 aromatic rings. The standard InChI is InChI=1S/C41H51N13O6/c1-7-50(8-2)35(55)23-60-28(15-17-51-31-13-11-26(36(42)56)21-29(31)44-40(51)46-38(58)33-19-24(5)48-53(33)9-3)16-18-52-32-14-12-27(37(43)57)22-30(32)45-41(52)47-39(59)34-20-25(6)49-54(34)10-4/h11-14,19-22,28H,7-10,15-18,23H2,1-6H3,(H2,42,56)(H2,43,57)(H,44,46,58)(H,45,47,59). The number of hydrogen-bond donors (Lipinski definition) is 4. The van der Waals surface area contributed by atoms with Gasteiger partial charge in [0.15, 0.2) is 0 Å². The number of nitrogens with one attached hydrogen (secondary N) is 2. The summed E-state index contributed by atoms with van der Waals surface area (Å²) in [6, 6.07) is 13.2. The summed E-state index contributed by atoms with van der Waals surface area (Å²) in [6.07, 6.45) is 0.145. The number of nitrogens with zero attached hydrogens (tertiary/aromatic N) is 9. The fourth-order valence-corrected chi connectivity index (χ4v) is 7.22. The molecule has 19 nitrogen and oxygen atoms in total. The molecule has 0 aliphatic rings. The van der Waals surface area contributed by atoms with Crippen LogP contribution in [0.4, 0.5) is 0 Å². The van der Waals surface area contributed by atoms with E-state index in [-0.39, 0.29) is 48.0 Å². The zero-order valence-corrected chi connectivity index (χ0v) is 34.7. The second kappa shape index (κ2) is 18.4. The van der Waals surface area contributed by atoms with Gasteiger partial charge in [0.1, 0.15) is 18.0 Å². The summed E-state index contributed by atoms with van der Waals surface area (Å²) >= 11 is 0. The number of rotatable bonds is 17. The summed E-state index contributed by atoms with van der Waals surface area (Å²) in [5, 5.41) is 8.78. The summed E-state index contributed by atoms with van der Waals surface area (Å²) in [4.78, 5) is 81.7.